The van der Waals surface area contributed by atoms with E-state index >= 15 is 0 Å². The molecule has 0 heterocycles. The highest BCUT2D eigenvalue weighted by atomic mass is 19.4. The molecular weight excluding hydrogens is 207 g/mol. The van der Waals surface area contributed by atoms with Gasteiger partial charge >= 0.3 is 6.18 Å². The summed E-state index contributed by atoms with van der Waals surface area (Å²) in [6, 6.07) is 4.88. The molecule has 15 heavy (non-hydrogen) atoms. The quantitative estimate of drug-likeness (QED) is 0.758. The first-order valence-corrected chi connectivity index (χ1v) is 3.96. The van der Waals surface area contributed by atoms with Gasteiger partial charge < -0.3 is 4.74 Å². The number of nitrogens with zero attached hydrogens (tertiary/aromatic N) is 1. The second-order valence-electron chi connectivity index (χ2n) is 2.77. The van der Waals surface area contributed by atoms with Gasteiger partial charge in [-0.3, -0.25) is 0 Å². The molecule has 0 aliphatic heterocycles. The highest BCUT2D eigenvalue weighted by Crippen LogP contribution is 2.32. The van der Waals surface area contributed by atoms with Gasteiger partial charge in [-0.05, 0) is 17.7 Å². The molecule has 0 aliphatic carbocycles. The van der Waals surface area contributed by atoms with E-state index < -0.39 is 17.3 Å². The summed E-state index contributed by atoms with van der Waals surface area (Å²) >= 11 is 0. The molecular formula is C10H7F3NO. The Morgan fingerprint density at radius 3 is 2.53 bits per heavy atom. The van der Waals surface area contributed by atoms with E-state index in [1.165, 1.54) is 25.9 Å². The van der Waals surface area contributed by atoms with Crippen molar-refractivity contribution in [3.05, 3.63) is 41.5 Å². The summed E-state index contributed by atoms with van der Waals surface area (Å²) in [4.78, 5) is 0. The second kappa shape index (κ2) is 4.32. The minimum absolute atomic E-state index is 0.267. The third-order valence-corrected chi connectivity index (χ3v) is 1.72. The molecule has 1 aromatic rings. The maximum atomic E-state index is 12.4. The molecule has 1 rings (SSSR count). The SMILES string of the molecule is CO[CH]c1ccc(C#N)c(C(F)(F)F)c1. The number of hydrogen-bond acceptors (Lipinski definition) is 2. The van der Waals surface area contributed by atoms with E-state index in [1.54, 1.807) is 0 Å². The summed E-state index contributed by atoms with van der Waals surface area (Å²) in [6.07, 6.45) is -4.53. The third kappa shape index (κ3) is 2.70. The average molecular weight is 214 g/mol. The lowest BCUT2D eigenvalue weighted by molar-refractivity contribution is -0.137. The van der Waals surface area contributed by atoms with Crippen LogP contribution in [0.4, 0.5) is 13.2 Å². The van der Waals surface area contributed by atoms with Crippen LogP contribution in [0.25, 0.3) is 0 Å². The molecule has 0 atom stereocenters. The molecule has 0 bridgehead atoms. The highest BCUT2D eigenvalue weighted by Gasteiger charge is 2.33. The molecule has 0 saturated heterocycles. The van der Waals surface area contributed by atoms with Crippen molar-refractivity contribution in [3.63, 3.8) is 0 Å². The Hall–Kier alpha value is -1.54. The molecule has 2 nitrogen and oxygen atoms in total. The van der Waals surface area contributed by atoms with Gasteiger partial charge in [0.1, 0.15) is 6.61 Å². The summed E-state index contributed by atoms with van der Waals surface area (Å²) < 4.78 is 41.9. The summed E-state index contributed by atoms with van der Waals surface area (Å²) in [5, 5.41) is 8.51. The van der Waals surface area contributed by atoms with Gasteiger partial charge in [-0.15, -0.1) is 0 Å². The molecule has 1 radical (unpaired) electrons. The first-order valence-electron chi connectivity index (χ1n) is 3.96. The van der Waals surface area contributed by atoms with E-state index in [0.29, 0.717) is 0 Å². The van der Waals surface area contributed by atoms with Crippen molar-refractivity contribution < 1.29 is 17.9 Å². The fourth-order valence-electron chi connectivity index (χ4n) is 1.10. The zero-order valence-corrected chi connectivity index (χ0v) is 7.80. The predicted octanol–water partition coefficient (Wildman–Crippen LogP) is 2.73. The number of rotatable bonds is 2. The first kappa shape index (κ1) is 11.5. The van der Waals surface area contributed by atoms with Crippen LogP contribution in [0.3, 0.4) is 0 Å². The number of alkyl halides is 3. The maximum Gasteiger partial charge on any atom is 0.417 e. The Bertz CT molecular complexity index is 393. The van der Waals surface area contributed by atoms with Crippen molar-refractivity contribution in [2.75, 3.05) is 7.11 Å². The molecule has 0 aromatic heterocycles. The van der Waals surface area contributed by atoms with E-state index in [9.17, 15) is 13.2 Å². The van der Waals surface area contributed by atoms with E-state index in [0.717, 1.165) is 12.1 Å². The molecule has 0 amide bonds. The van der Waals surface area contributed by atoms with Crippen LogP contribution in [-0.4, -0.2) is 7.11 Å². The molecule has 0 aliphatic rings. The van der Waals surface area contributed by atoms with Crippen LogP contribution in [-0.2, 0) is 10.9 Å². The average Bonchev–Trinajstić information content (AvgIpc) is 2.17. The molecule has 0 unspecified atom stereocenters. The molecule has 1 aromatic carbocycles. The third-order valence-electron chi connectivity index (χ3n) is 1.72. The van der Waals surface area contributed by atoms with Crippen LogP contribution in [0.5, 0.6) is 0 Å². The smallest absolute Gasteiger partial charge is 0.374 e. The maximum absolute atomic E-state index is 12.4. The van der Waals surface area contributed by atoms with Crippen molar-refractivity contribution in [1.29, 1.82) is 5.26 Å². The van der Waals surface area contributed by atoms with Gasteiger partial charge in [0.25, 0.3) is 0 Å². The Morgan fingerprint density at radius 2 is 2.07 bits per heavy atom. The largest absolute Gasteiger partial charge is 0.417 e. The van der Waals surface area contributed by atoms with Gasteiger partial charge in [-0.25, -0.2) is 0 Å². The van der Waals surface area contributed by atoms with Crippen LogP contribution in [0.2, 0.25) is 0 Å². The van der Waals surface area contributed by atoms with E-state index in [4.69, 9.17) is 5.26 Å². The zero-order valence-electron chi connectivity index (χ0n) is 7.80. The van der Waals surface area contributed by atoms with Crippen molar-refractivity contribution in [1.82, 2.24) is 0 Å². The minimum atomic E-state index is -4.53. The van der Waals surface area contributed by atoms with Crippen LogP contribution < -0.4 is 0 Å². The molecule has 0 N–H and O–H groups in total. The van der Waals surface area contributed by atoms with Crippen molar-refractivity contribution in [2.24, 2.45) is 0 Å². The molecule has 0 fully saturated rings. The van der Waals surface area contributed by atoms with Gasteiger partial charge in [0, 0.05) is 7.11 Å². The van der Waals surface area contributed by atoms with Crippen molar-refractivity contribution in [3.8, 4) is 6.07 Å². The lowest BCUT2D eigenvalue weighted by Crippen LogP contribution is -2.08. The van der Waals surface area contributed by atoms with E-state index in [-0.39, 0.29) is 5.56 Å². The Morgan fingerprint density at radius 1 is 1.40 bits per heavy atom. The van der Waals surface area contributed by atoms with Gasteiger partial charge in [0.05, 0.1) is 17.2 Å². The van der Waals surface area contributed by atoms with E-state index in [2.05, 4.69) is 4.74 Å². The number of nitriles is 1. The zero-order chi connectivity index (χ0) is 11.5. The number of methoxy groups -OCH3 is 1. The van der Waals surface area contributed by atoms with Gasteiger partial charge in [-0.2, -0.15) is 18.4 Å². The highest BCUT2D eigenvalue weighted by molar-refractivity contribution is 5.43. The van der Waals surface area contributed by atoms with Crippen molar-refractivity contribution >= 4 is 0 Å². The standard InChI is InChI=1S/C10H7F3NO/c1-15-6-7-2-3-8(5-14)9(4-7)10(11,12)13/h2-4,6H,1H3. The second-order valence-corrected chi connectivity index (χ2v) is 2.77. The topological polar surface area (TPSA) is 33.0 Å². The van der Waals surface area contributed by atoms with E-state index in [1.807, 2.05) is 0 Å². The molecule has 0 spiro atoms. The normalized spacial score (nSPS) is 11.1. The Labute approximate surface area is 84.9 Å². The first-order chi connectivity index (χ1) is 6.99. The number of benzene rings is 1. The monoisotopic (exact) mass is 214 g/mol. The van der Waals surface area contributed by atoms with Gasteiger partial charge in [-0.1, -0.05) is 6.07 Å². The van der Waals surface area contributed by atoms with Crippen molar-refractivity contribution in [2.45, 2.75) is 6.18 Å². The van der Waals surface area contributed by atoms with Crippen LogP contribution in [0, 0.1) is 17.9 Å². The van der Waals surface area contributed by atoms with Gasteiger partial charge in [0.2, 0.25) is 0 Å². The Balaban J connectivity index is 3.21. The lowest BCUT2D eigenvalue weighted by atomic mass is 10.0. The van der Waals surface area contributed by atoms with Crippen LogP contribution in [0.15, 0.2) is 18.2 Å². The molecule has 5 heteroatoms. The summed E-state index contributed by atoms with van der Waals surface area (Å²) in [5.74, 6) is 0. The predicted molar refractivity (Wildman–Crippen MR) is 46.6 cm³/mol. The number of hydrogen-bond donors (Lipinski definition) is 0. The number of ether oxygens (including phenoxy) is 1. The summed E-state index contributed by atoms with van der Waals surface area (Å²) in [5.41, 5.74) is -1.07. The lowest BCUT2D eigenvalue weighted by Gasteiger charge is -2.09. The van der Waals surface area contributed by atoms with Crippen LogP contribution in [0.1, 0.15) is 16.7 Å². The fraction of sp³-hybridized carbons (Fsp3) is 0.200. The Kier molecular flexibility index (Phi) is 3.32. The fourth-order valence-corrected chi connectivity index (χ4v) is 1.10. The van der Waals surface area contributed by atoms with Gasteiger partial charge in [0.15, 0.2) is 0 Å². The molecule has 0 saturated carbocycles. The summed E-state index contributed by atoms with van der Waals surface area (Å²) in [6.45, 7) is 1.18. The number of halogens is 3. The minimum Gasteiger partial charge on any atom is -0.374 e. The molecule has 79 valence electrons. The summed E-state index contributed by atoms with van der Waals surface area (Å²) in [7, 11) is 1.34. The van der Waals surface area contributed by atoms with Crippen LogP contribution >= 0.6 is 0 Å².